The molecule has 0 saturated carbocycles. The molecule has 3 aromatic carbocycles. The van der Waals surface area contributed by atoms with E-state index in [0.29, 0.717) is 6.07 Å². The SMILES string of the molecule is CN(C)c1ccc(C(CNC(=O)c2cc(F)c(F)c(F)c2F)c2c[nH]c3ccccc23)cc1. The first-order valence-corrected chi connectivity index (χ1v) is 10.2. The van der Waals surface area contributed by atoms with Crippen LogP contribution in [0.25, 0.3) is 10.9 Å². The Hall–Kier alpha value is -3.81. The average Bonchev–Trinajstić information content (AvgIpc) is 3.24. The van der Waals surface area contributed by atoms with Crippen molar-refractivity contribution in [3.05, 3.63) is 101 Å². The highest BCUT2D eigenvalue weighted by Crippen LogP contribution is 2.31. The van der Waals surface area contributed by atoms with Gasteiger partial charge in [-0.25, -0.2) is 17.6 Å². The van der Waals surface area contributed by atoms with E-state index in [1.54, 1.807) is 0 Å². The van der Waals surface area contributed by atoms with Gasteiger partial charge in [0.05, 0.1) is 5.56 Å². The van der Waals surface area contributed by atoms with Crippen molar-refractivity contribution in [1.82, 2.24) is 10.3 Å². The van der Waals surface area contributed by atoms with Gasteiger partial charge in [0.15, 0.2) is 23.3 Å². The molecule has 1 atom stereocenters. The third kappa shape index (κ3) is 4.28. The average molecular weight is 455 g/mol. The molecule has 1 aromatic heterocycles. The largest absolute Gasteiger partial charge is 0.378 e. The van der Waals surface area contributed by atoms with E-state index < -0.39 is 34.7 Å². The minimum absolute atomic E-state index is 0.0159. The van der Waals surface area contributed by atoms with Gasteiger partial charge in [-0.05, 0) is 35.4 Å². The summed E-state index contributed by atoms with van der Waals surface area (Å²) in [4.78, 5) is 17.7. The number of carbonyl (C=O) groups is 1. The van der Waals surface area contributed by atoms with Crippen LogP contribution < -0.4 is 10.2 Å². The quantitative estimate of drug-likeness (QED) is 0.234. The Morgan fingerprint density at radius 3 is 2.36 bits per heavy atom. The molecule has 4 nitrogen and oxygen atoms in total. The molecule has 2 N–H and O–H groups in total. The molecule has 0 bridgehead atoms. The zero-order valence-electron chi connectivity index (χ0n) is 17.9. The first kappa shape index (κ1) is 22.4. The maximum absolute atomic E-state index is 14.1. The summed E-state index contributed by atoms with van der Waals surface area (Å²) in [5.41, 5.74) is 2.76. The molecule has 1 heterocycles. The van der Waals surface area contributed by atoms with Gasteiger partial charge in [-0.2, -0.15) is 0 Å². The Morgan fingerprint density at radius 1 is 0.970 bits per heavy atom. The topological polar surface area (TPSA) is 48.1 Å². The van der Waals surface area contributed by atoms with Crippen molar-refractivity contribution in [3.63, 3.8) is 0 Å². The number of rotatable bonds is 6. The predicted molar refractivity (Wildman–Crippen MR) is 120 cm³/mol. The first-order chi connectivity index (χ1) is 15.8. The molecule has 0 aliphatic heterocycles. The zero-order valence-corrected chi connectivity index (χ0v) is 17.9. The van der Waals surface area contributed by atoms with Gasteiger partial charge in [-0.15, -0.1) is 0 Å². The summed E-state index contributed by atoms with van der Waals surface area (Å²) in [6.45, 7) is 0.0159. The fourth-order valence-electron chi connectivity index (χ4n) is 3.82. The van der Waals surface area contributed by atoms with Gasteiger partial charge < -0.3 is 15.2 Å². The van der Waals surface area contributed by atoms with Crippen molar-refractivity contribution in [3.8, 4) is 0 Å². The summed E-state index contributed by atoms with van der Waals surface area (Å²) in [6, 6.07) is 15.7. The smallest absolute Gasteiger partial charge is 0.254 e. The number of halogens is 4. The van der Waals surface area contributed by atoms with Gasteiger partial charge in [0, 0.05) is 49.3 Å². The number of hydrogen-bond donors (Lipinski definition) is 2. The molecule has 170 valence electrons. The number of H-pyrrole nitrogens is 1. The lowest BCUT2D eigenvalue weighted by Gasteiger charge is -2.20. The molecular weight excluding hydrogens is 434 g/mol. The highest BCUT2D eigenvalue weighted by atomic mass is 19.2. The van der Waals surface area contributed by atoms with Crippen molar-refractivity contribution < 1.29 is 22.4 Å². The third-order valence-electron chi connectivity index (χ3n) is 5.62. The molecule has 8 heteroatoms. The second-order valence-electron chi connectivity index (χ2n) is 7.89. The molecule has 0 radical (unpaired) electrons. The first-order valence-electron chi connectivity index (χ1n) is 10.2. The van der Waals surface area contributed by atoms with Crippen LogP contribution in [0, 0.1) is 23.3 Å². The minimum atomic E-state index is -2.02. The summed E-state index contributed by atoms with van der Waals surface area (Å²) < 4.78 is 54.5. The van der Waals surface area contributed by atoms with Crippen molar-refractivity contribution in [2.24, 2.45) is 0 Å². The zero-order chi connectivity index (χ0) is 23.7. The van der Waals surface area contributed by atoms with E-state index >= 15 is 0 Å². The Bertz CT molecular complexity index is 1320. The van der Waals surface area contributed by atoms with Gasteiger partial charge in [0.2, 0.25) is 0 Å². The molecular formula is C25H21F4N3O. The van der Waals surface area contributed by atoms with E-state index in [1.165, 1.54) is 0 Å². The number of nitrogens with one attached hydrogen (secondary N) is 2. The van der Waals surface area contributed by atoms with Gasteiger partial charge in [-0.1, -0.05) is 30.3 Å². The Kier molecular flexibility index (Phi) is 6.09. The number of hydrogen-bond acceptors (Lipinski definition) is 2. The molecule has 4 aromatic rings. The van der Waals surface area contributed by atoms with Crippen LogP contribution >= 0.6 is 0 Å². The monoisotopic (exact) mass is 455 g/mol. The summed E-state index contributed by atoms with van der Waals surface area (Å²) in [5, 5.41) is 3.49. The molecule has 0 fully saturated rings. The number of para-hydroxylation sites is 1. The van der Waals surface area contributed by atoms with Crippen LogP contribution in [0.3, 0.4) is 0 Å². The van der Waals surface area contributed by atoms with Crippen molar-refractivity contribution in [2.75, 3.05) is 25.5 Å². The highest BCUT2D eigenvalue weighted by molar-refractivity contribution is 5.94. The standard InChI is InChI=1S/C25H21F4N3O/c1-32(2)15-9-7-14(8-10-15)18(19-13-30-21-6-4-3-5-16(19)21)12-31-25(33)17-11-20(26)23(28)24(29)22(17)27/h3-11,13,18,30H,12H2,1-2H3,(H,31,33). The lowest BCUT2D eigenvalue weighted by atomic mass is 9.90. The van der Waals surface area contributed by atoms with Crippen LogP contribution in [0.2, 0.25) is 0 Å². The Balaban J connectivity index is 1.68. The highest BCUT2D eigenvalue weighted by Gasteiger charge is 2.25. The number of anilines is 1. The maximum atomic E-state index is 14.1. The lowest BCUT2D eigenvalue weighted by Crippen LogP contribution is -2.30. The number of aromatic nitrogens is 1. The normalized spacial score (nSPS) is 12.1. The summed E-state index contributed by atoms with van der Waals surface area (Å²) in [7, 11) is 3.84. The fourth-order valence-corrected chi connectivity index (χ4v) is 3.82. The van der Waals surface area contributed by atoms with Crippen molar-refractivity contribution in [2.45, 2.75) is 5.92 Å². The molecule has 0 saturated heterocycles. The van der Waals surface area contributed by atoms with Gasteiger partial charge in [0.25, 0.3) is 5.91 Å². The molecule has 33 heavy (non-hydrogen) atoms. The van der Waals surface area contributed by atoms with E-state index in [9.17, 15) is 22.4 Å². The molecule has 1 amide bonds. The third-order valence-corrected chi connectivity index (χ3v) is 5.62. The van der Waals surface area contributed by atoms with E-state index in [-0.39, 0.29) is 12.5 Å². The van der Waals surface area contributed by atoms with E-state index in [2.05, 4.69) is 10.3 Å². The number of benzene rings is 3. The molecule has 4 rings (SSSR count). The number of aromatic amines is 1. The summed E-state index contributed by atoms with van der Waals surface area (Å²) >= 11 is 0. The Morgan fingerprint density at radius 2 is 1.67 bits per heavy atom. The molecule has 1 unspecified atom stereocenters. The molecule has 0 spiro atoms. The van der Waals surface area contributed by atoms with Crippen molar-refractivity contribution in [1.29, 1.82) is 0 Å². The number of amides is 1. The number of nitrogens with zero attached hydrogens (tertiary/aromatic N) is 1. The summed E-state index contributed by atoms with van der Waals surface area (Å²) in [6.07, 6.45) is 1.83. The lowest BCUT2D eigenvalue weighted by molar-refractivity contribution is 0.0946. The van der Waals surface area contributed by atoms with E-state index in [4.69, 9.17) is 0 Å². The van der Waals surface area contributed by atoms with Crippen LogP contribution in [0.1, 0.15) is 27.4 Å². The molecule has 0 aliphatic rings. The predicted octanol–water partition coefficient (Wildman–Crippen LogP) is 5.35. The van der Waals surface area contributed by atoms with Gasteiger partial charge >= 0.3 is 0 Å². The Labute approximate surface area is 187 Å². The van der Waals surface area contributed by atoms with Crippen LogP contribution in [0.15, 0.2) is 60.8 Å². The molecule has 0 aliphatic carbocycles. The fraction of sp³-hybridized carbons (Fsp3) is 0.160. The van der Waals surface area contributed by atoms with Gasteiger partial charge in [-0.3, -0.25) is 4.79 Å². The van der Waals surface area contributed by atoms with E-state index in [1.807, 2.05) is 73.7 Å². The maximum Gasteiger partial charge on any atom is 0.254 e. The van der Waals surface area contributed by atoms with Crippen molar-refractivity contribution >= 4 is 22.5 Å². The van der Waals surface area contributed by atoms with E-state index in [0.717, 1.165) is 27.7 Å². The second kappa shape index (κ2) is 8.97. The summed E-state index contributed by atoms with van der Waals surface area (Å²) in [5.74, 6) is -8.73. The van der Waals surface area contributed by atoms with Gasteiger partial charge in [0.1, 0.15) is 0 Å². The van der Waals surface area contributed by atoms with Crippen LogP contribution in [0.4, 0.5) is 23.2 Å². The van der Waals surface area contributed by atoms with Crippen LogP contribution in [0.5, 0.6) is 0 Å². The number of fused-ring (bicyclic) bond motifs is 1. The van der Waals surface area contributed by atoms with Crippen LogP contribution in [-0.2, 0) is 0 Å². The second-order valence-corrected chi connectivity index (χ2v) is 7.89. The number of carbonyl (C=O) groups excluding carboxylic acids is 1. The van der Waals surface area contributed by atoms with Crippen LogP contribution in [-0.4, -0.2) is 31.5 Å². The minimum Gasteiger partial charge on any atom is -0.378 e.